The predicted molar refractivity (Wildman–Crippen MR) is 108 cm³/mol. The average molecular weight is 421 g/mol. The van der Waals surface area contributed by atoms with Gasteiger partial charge in [-0.3, -0.25) is 14.6 Å². The second kappa shape index (κ2) is 8.14. The number of carbonyl (C=O) groups is 1. The van der Waals surface area contributed by atoms with Crippen LogP contribution in [0.15, 0.2) is 58.3 Å². The summed E-state index contributed by atoms with van der Waals surface area (Å²) >= 11 is 0. The zero-order valence-electron chi connectivity index (χ0n) is 16.2. The van der Waals surface area contributed by atoms with Crippen LogP contribution >= 0.6 is 0 Å². The molecule has 0 aliphatic heterocycles. The number of hydrogen-bond donors (Lipinski definition) is 2. The van der Waals surface area contributed by atoms with Crippen molar-refractivity contribution in [1.82, 2.24) is 29.8 Å². The number of hydrogen-bond acceptors (Lipinski definition) is 8. The molecule has 4 heterocycles. The molecule has 4 rings (SSSR count). The second-order valence-electron chi connectivity index (χ2n) is 6.47. The Balaban J connectivity index is 1.75. The number of rotatable bonds is 5. The first-order chi connectivity index (χ1) is 14.9. The number of nitrogens with one attached hydrogen (secondary N) is 1. The van der Waals surface area contributed by atoms with Crippen LogP contribution in [-0.2, 0) is 13.6 Å². The first-order valence-corrected chi connectivity index (χ1v) is 9.06. The van der Waals surface area contributed by atoms with E-state index in [1.807, 2.05) is 0 Å². The summed E-state index contributed by atoms with van der Waals surface area (Å²) in [6, 6.07) is 5.59. The van der Waals surface area contributed by atoms with Crippen molar-refractivity contribution < 1.29 is 13.6 Å². The summed E-state index contributed by atoms with van der Waals surface area (Å²) in [5.41, 5.74) is 6.59. The number of aryl methyl sites for hydroxylation is 1. The van der Waals surface area contributed by atoms with Crippen LogP contribution in [0.1, 0.15) is 16.2 Å². The fourth-order valence-corrected chi connectivity index (χ4v) is 2.84. The van der Waals surface area contributed by atoms with Crippen LogP contribution in [0.5, 0.6) is 0 Å². The lowest BCUT2D eigenvalue weighted by atomic mass is 10.1. The Morgan fingerprint density at radius 3 is 2.74 bits per heavy atom. The third-order valence-electron chi connectivity index (χ3n) is 4.38. The number of oxazole rings is 1. The Bertz CT molecular complexity index is 1320. The number of nitrogens with zero attached hydrogens (tertiary/aromatic N) is 5. The van der Waals surface area contributed by atoms with E-state index in [1.165, 1.54) is 41.4 Å². The van der Waals surface area contributed by atoms with Crippen molar-refractivity contribution in [2.24, 2.45) is 7.05 Å². The summed E-state index contributed by atoms with van der Waals surface area (Å²) in [6.07, 6.45) is 5.75. The first kappa shape index (κ1) is 19.9. The molecular weight excluding hydrogens is 405 g/mol. The number of nitrogen functional groups attached to an aromatic ring is 1. The fraction of sp³-hybridized carbons (Fsp3) is 0.100. The summed E-state index contributed by atoms with van der Waals surface area (Å²) in [4.78, 5) is 41.1. The molecule has 0 aliphatic carbocycles. The van der Waals surface area contributed by atoms with Gasteiger partial charge in [-0.1, -0.05) is 0 Å². The number of nitrogens with two attached hydrogens (primary N) is 1. The fourth-order valence-electron chi connectivity index (χ4n) is 2.84. The number of halogens is 1. The Hall–Kier alpha value is -4.41. The van der Waals surface area contributed by atoms with E-state index < -0.39 is 11.7 Å². The highest BCUT2D eigenvalue weighted by atomic mass is 19.1. The van der Waals surface area contributed by atoms with Crippen LogP contribution in [-0.4, -0.2) is 30.4 Å². The van der Waals surface area contributed by atoms with E-state index >= 15 is 0 Å². The minimum atomic E-state index is -0.667. The van der Waals surface area contributed by atoms with E-state index in [0.29, 0.717) is 5.56 Å². The quantitative estimate of drug-likeness (QED) is 0.494. The second-order valence-corrected chi connectivity index (χ2v) is 6.47. The van der Waals surface area contributed by atoms with E-state index in [9.17, 15) is 14.0 Å². The topological polar surface area (TPSA) is 142 Å². The smallest absolute Gasteiger partial charge is 0.274 e. The van der Waals surface area contributed by atoms with Gasteiger partial charge in [-0.05, 0) is 18.2 Å². The molecule has 156 valence electrons. The van der Waals surface area contributed by atoms with Gasteiger partial charge in [-0.2, -0.15) is 0 Å². The Morgan fingerprint density at radius 2 is 2.03 bits per heavy atom. The minimum Gasteiger partial charge on any atom is -0.443 e. The minimum absolute atomic E-state index is 0.0667. The van der Waals surface area contributed by atoms with Gasteiger partial charge in [0.15, 0.2) is 17.2 Å². The van der Waals surface area contributed by atoms with Crippen molar-refractivity contribution >= 4 is 11.7 Å². The van der Waals surface area contributed by atoms with E-state index in [2.05, 4.69) is 25.3 Å². The summed E-state index contributed by atoms with van der Waals surface area (Å²) in [5.74, 6) is -1.24. The molecule has 0 atom stereocenters. The van der Waals surface area contributed by atoms with E-state index in [4.69, 9.17) is 10.2 Å². The molecule has 0 aromatic carbocycles. The molecule has 0 spiro atoms. The molecule has 11 heteroatoms. The molecule has 4 aromatic rings. The molecule has 0 unspecified atom stereocenters. The average Bonchev–Trinajstić information content (AvgIpc) is 3.29. The molecule has 0 saturated carbocycles. The monoisotopic (exact) mass is 421 g/mol. The highest BCUT2D eigenvalue weighted by Crippen LogP contribution is 2.29. The lowest BCUT2D eigenvalue weighted by Crippen LogP contribution is -2.26. The molecule has 0 bridgehead atoms. The Kier molecular flexibility index (Phi) is 5.22. The number of pyridine rings is 2. The highest BCUT2D eigenvalue weighted by molar-refractivity contribution is 5.97. The number of anilines is 1. The van der Waals surface area contributed by atoms with Crippen LogP contribution in [0, 0.1) is 5.82 Å². The molecule has 1 amide bonds. The molecular formula is C20H16FN7O3. The maximum Gasteiger partial charge on any atom is 0.274 e. The van der Waals surface area contributed by atoms with Crippen molar-refractivity contribution in [1.29, 1.82) is 0 Å². The maximum absolute atomic E-state index is 13.8. The summed E-state index contributed by atoms with van der Waals surface area (Å²) in [5, 5.41) is 2.53. The van der Waals surface area contributed by atoms with Crippen LogP contribution in [0.4, 0.5) is 10.2 Å². The van der Waals surface area contributed by atoms with Crippen molar-refractivity contribution in [3.05, 3.63) is 76.7 Å². The standard InChI is InChI=1S/C20H16FN7O3/c1-28-10-11(4-5-14(28)29)15-16(20-24-7-8-31-20)27-18(22)17(26-15)19(30)25-9-13-12(21)3-2-6-23-13/h2-8,10H,9H2,1H3,(H2,22,27)(H,25,30). The zero-order valence-corrected chi connectivity index (χ0v) is 16.2. The van der Waals surface area contributed by atoms with Crippen LogP contribution in [0.3, 0.4) is 0 Å². The molecule has 0 aliphatic rings. The predicted octanol–water partition coefficient (Wildman–Crippen LogP) is 1.54. The normalized spacial score (nSPS) is 10.8. The van der Waals surface area contributed by atoms with Gasteiger partial charge < -0.3 is 20.0 Å². The third-order valence-corrected chi connectivity index (χ3v) is 4.38. The summed E-state index contributed by atoms with van der Waals surface area (Å²) < 4.78 is 20.5. The van der Waals surface area contributed by atoms with Crippen LogP contribution in [0.25, 0.3) is 22.8 Å². The number of aromatic nitrogens is 5. The van der Waals surface area contributed by atoms with Crippen LogP contribution in [0.2, 0.25) is 0 Å². The Labute approximate surface area is 174 Å². The summed E-state index contributed by atoms with van der Waals surface area (Å²) in [6.45, 7) is -0.163. The molecule has 4 aromatic heterocycles. The Morgan fingerprint density at radius 1 is 1.19 bits per heavy atom. The summed E-state index contributed by atoms with van der Waals surface area (Å²) in [7, 11) is 1.58. The maximum atomic E-state index is 13.8. The van der Waals surface area contributed by atoms with Crippen molar-refractivity contribution in [2.75, 3.05) is 5.73 Å². The number of carbonyl (C=O) groups excluding carboxylic acids is 1. The van der Waals surface area contributed by atoms with Crippen molar-refractivity contribution in [3.8, 4) is 22.8 Å². The van der Waals surface area contributed by atoms with Gasteiger partial charge in [0.05, 0.1) is 18.4 Å². The molecule has 10 nitrogen and oxygen atoms in total. The third kappa shape index (κ3) is 4.01. The van der Waals surface area contributed by atoms with Gasteiger partial charge in [-0.25, -0.2) is 19.3 Å². The molecule has 0 radical (unpaired) electrons. The zero-order chi connectivity index (χ0) is 22.0. The number of amides is 1. The molecule has 3 N–H and O–H groups in total. The van der Waals surface area contributed by atoms with Crippen molar-refractivity contribution in [2.45, 2.75) is 6.54 Å². The highest BCUT2D eigenvalue weighted by Gasteiger charge is 2.22. The molecule has 0 saturated heterocycles. The van der Waals surface area contributed by atoms with Gasteiger partial charge in [0.1, 0.15) is 17.8 Å². The van der Waals surface area contributed by atoms with E-state index in [0.717, 1.165) is 0 Å². The first-order valence-electron chi connectivity index (χ1n) is 9.06. The SMILES string of the molecule is Cn1cc(-c2nc(C(=O)NCc3ncccc3F)c(N)nc2-c2ncco2)ccc1=O. The lowest BCUT2D eigenvalue weighted by Gasteiger charge is -2.12. The van der Waals surface area contributed by atoms with Crippen molar-refractivity contribution in [3.63, 3.8) is 0 Å². The largest absolute Gasteiger partial charge is 0.443 e. The molecule has 31 heavy (non-hydrogen) atoms. The van der Waals surface area contributed by atoms with Gasteiger partial charge in [0, 0.05) is 31.1 Å². The molecule has 0 fully saturated rings. The van der Waals surface area contributed by atoms with Gasteiger partial charge in [0.2, 0.25) is 11.4 Å². The lowest BCUT2D eigenvalue weighted by molar-refractivity contribution is 0.0946. The van der Waals surface area contributed by atoms with Gasteiger partial charge >= 0.3 is 0 Å². The van der Waals surface area contributed by atoms with E-state index in [1.54, 1.807) is 19.3 Å². The van der Waals surface area contributed by atoms with Gasteiger partial charge in [0.25, 0.3) is 5.91 Å². The van der Waals surface area contributed by atoms with Crippen LogP contribution < -0.4 is 16.6 Å². The van der Waals surface area contributed by atoms with Gasteiger partial charge in [-0.15, -0.1) is 0 Å². The van der Waals surface area contributed by atoms with E-state index in [-0.39, 0.29) is 46.6 Å².